The second-order valence-corrected chi connectivity index (χ2v) is 7.91. The molecular formula is C12H19N3O4S. The zero-order valence-corrected chi connectivity index (χ0v) is 12.0. The van der Waals surface area contributed by atoms with Crippen molar-refractivity contribution in [2.24, 2.45) is 11.1 Å². The van der Waals surface area contributed by atoms with Gasteiger partial charge in [0.1, 0.15) is 5.25 Å². The Hall–Kier alpha value is -1.15. The standard InChI is InChI=1S/C12H19N3O4S/c13-20(18,19)10-4-11(16)14(7-10)5-8-3-12(17)15(6-8)9-1-2-9/h8-10H,1-7H2,(H2,13,18,19). The van der Waals surface area contributed by atoms with Gasteiger partial charge in [-0.1, -0.05) is 0 Å². The number of likely N-dealkylation sites (tertiary alicyclic amines) is 2. The number of carbonyl (C=O) groups is 2. The first-order valence-corrected chi connectivity index (χ1v) is 8.54. The molecule has 0 aromatic heterocycles. The predicted molar refractivity (Wildman–Crippen MR) is 70.9 cm³/mol. The van der Waals surface area contributed by atoms with E-state index in [4.69, 9.17) is 5.14 Å². The molecule has 8 heteroatoms. The van der Waals surface area contributed by atoms with E-state index in [0.29, 0.717) is 25.6 Å². The number of nitrogens with two attached hydrogens (primary N) is 1. The van der Waals surface area contributed by atoms with Gasteiger partial charge in [-0.25, -0.2) is 13.6 Å². The van der Waals surface area contributed by atoms with Crippen LogP contribution in [0.1, 0.15) is 25.7 Å². The first kappa shape index (κ1) is 13.8. The molecular weight excluding hydrogens is 282 g/mol. The van der Waals surface area contributed by atoms with Gasteiger partial charge in [0.05, 0.1) is 0 Å². The van der Waals surface area contributed by atoms with Crippen LogP contribution in [0.25, 0.3) is 0 Å². The van der Waals surface area contributed by atoms with Crippen LogP contribution in [0.5, 0.6) is 0 Å². The summed E-state index contributed by atoms with van der Waals surface area (Å²) in [4.78, 5) is 27.1. The first-order valence-electron chi connectivity index (χ1n) is 6.93. The maximum Gasteiger partial charge on any atom is 0.224 e. The molecule has 0 aromatic carbocycles. The van der Waals surface area contributed by atoms with Crippen LogP contribution in [-0.4, -0.2) is 61.0 Å². The number of carbonyl (C=O) groups excluding carboxylic acids is 2. The van der Waals surface area contributed by atoms with Gasteiger partial charge in [0.15, 0.2) is 0 Å². The van der Waals surface area contributed by atoms with Gasteiger partial charge in [-0.2, -0.15) is 0 Å². The lowest BCUT2D eigenvalue weighted by molar-refractivity contribution is -0.129. The van der Waals surface area contributed by atoms with Gasteiger partial charge < -0.3 is 9.80 Å². The molecule has 0 radical (unpaired) electrons. The van der Waals surface area contributed by atoms with E-state index in [1.807, 2.05) is 4.90 Å². The van der Waals surface area contributed by atoms with E-state index < -0.39 is 15.3 Å². The summed E-state index contributed by atoms with van der Waals surface area (Å²) in [6.45, 7) is 1.30. The second-order valence-electron chi connectivity index (χ2n) is 6.06. The van der Waals surface area contributed by atoms with Crippen molar-refractivity contribution in [1.29, 1.82) is 0 Å². The number of sulfonamides is 1. The average Bonchev–Trinajstić information content (AvgIpc) is 3.02. The Morgan fingerprint density at radius 3 is 2.35 bits per heavy atom. The molecule has 3 fully saturated rings. The van der Waals surface area contributed by atoms with Gasteiger partial charge in [-0.15, -0.1) is 0 Å². The minimum atomic E-state index is -3.67. The summed E-state index contributed by atoms with van der Waals surface area (Å²) >= 11 is 0. The Morgan fingerprint density at radius 2 is 1.80 bits per heavy atom. The van der Waals surface area contributed by atoms with Gasteiger partial charge in [-0.3, -0.25) is 9.59 Å². The van der Waals surface area contributed by atoms with Crippen molar-refractivity contribution in [1.82, 2.24) is 9.80 Å². The quantitative estimate of drug-likeness (QED) is 0.711. The number of amides is 2. The number of primary sulfonamides is 1. The molecule has 2 N–H and O–H groups in total. The lowest BCUT2D eigenvalue weighted by Gasteiger charge is -2.21. The first-order chi connectivity index (χ1) is 9.34. The van der Waals surface area contributed by atoms with Crippen molar-refractivity contribution in [2.45, 2.75) is 37.0 Å². The molecule has 20 heavy (non-hydrogen) atoms. The molecule has 3 rings (SSSR count). The SMILES string of the molecule is NS(=O)(=O)C1CC(=O)N(CC2CC(=O)N(C3CC3)C2)C1. The van der Waals surface area contributed by atoms with Gasteiger partial charge in [0, 0.05) is 44.4 Å². The molecule has 3 aliphatic rings. The summed E-state index contributed by atoms with van der Waals surface area (Å²) in [5.74, 6) is 0.0970. The molecule has 2 heterocycles. The van der Waals surface area contributed by atoms with Crippen LogP contribution in [0.4, 0.5) is 0 Å². The van der Waals surface area contributed by atoms with Gasteiger partial charge in [0.25, 0.3) is 0 Å². The molecule has 1 aliphatic carbocycles. The van der Waals surface area contributed by atoms with Crippen LogP contribution >= 0.6 is 0 Å². The summed E-state index contributed by atoms with van der Waals surface area (Å²) in [5.41, 5.74) is 0. The average molecular weight is 301 g/mol. The molecule has 7 nitrogen and oxygen atoms in total. The highest BCUT2D eigenvalue weighted by atomic mass is 32.2. The predicted octanol–water partition coefficient (Wildman–Crippen LogP) is -1.11. The summed E-state index contributed by atoms with van der Waals surface area (Å²) in [6, 6.07) is 0.402. The summed E-state index contributed by atoms with van der Waals surface area (Å²) in [7, 11) is -3.67. The third-order valence-corrected chi connectivity index (χ3v) is 5.59. The fraction of sp³-hybridized carbons (Fsp3) is 0.833. The molecule has 2 unspecified atom stereocenters. The van der Waals surface area contributed by atoms with Gasteiger partial charge in [0.2, 0.25) is 21.8 Å². The number of hydrogen-bond donors (Lipinski definition) is 1. The second kappa shape index (κ2) is 4.70. The van der Waals surface area contributed by atoms with Crippen molar-refractivity contribution >= 4 is 21.8 Å². The largest absolute Gasteiger partial charge is 0.341 e. The van der Waals surface area contributed by atoms with Crippen LogP contribution < -0.4 is 5.14 Å². The van der Waals surface area contributed by atoms with Crippen molar-refractivity contribution in [3.8, 4) is 0 Å². The maximum atomic E-state index is 11.9. The van der Waals surface area contributed by atoms with Crippen molar-refractivity contribution in [2.75, 3.05) is 19.6 Å². The number of nitrogens with zero attached hydrogens (tertiary/aromatic N) is 2. The van der Waals surface area contributed by atoms with Gasteiger partial charge in [-0.05, 0) is 12.8 Å². The third kappa shape index (κ3) is 2.67. The molecule has 0 aromatic rings. The van der Waals surface area contributed by atoms with Crippen LogP contribution in [0.15, 0.2) is 0 Å². The number of rotatable bonds is 4. The Morgan fingerprint density at radius 1 is 1.10 bits per heavy atom. The molecule has 0 bridgehead atoms. The van der Waals surface area contributed by atoms with E-state index in [1.165, 1.54) is 0 Å². The van der Waals surface area contributed by atoms with Crippen molar-refractivity contribution < 1.29 is 18.0 Å². The smallest absolute Gasteiger partial charge is 0.224 e. The highest BCUT2D eigenvalue weighted by molar-refractivity contribution is 7.89. The normalized spacial score (nSPS) is 31.4. The molecule has 2 aliphatic heterocycles. The summed E-state index contributed by atoms with van der Waals surface area (Å²) < 4.78 is 22.6. The van der Waals surface area contributed by atoms with E-state index >= 15 is 0 Å². The highest BCUT2D eigenvalue weighted by Crippen LogP contribution is 2.33. The van der Waals surface area contributed by atoms with Crippen LogP contribution in [0.3, 0.4) is 0 Å². The fourth-order valence-corrected chi connectivity index (χ4v) is 3.88. The fourth-order valence-electron chi connectivity index (χ4n) is 3.11. The minimum absolute atomic E-state index is 0.0359. The summed E-state index contributed by atoms with van der Waals surface area (Å²) in [5, 5.41) is 4.30. The van der Waals surface area contributed by atoms with Crippen LogP contribution in [-0.2, 0) is 19.6 Å². The molecule has 2 saturated heterocycles. The van der Waals surface area contributed by atoms with E-state index in [0.717, 1.165) is 12.8 Å². The van der Waals surface area contributed by atoms with E-state index in [2.05, 4.69) is 0 Å². The Labute approximate surface area is 118 Å². The zero-order valence-electron chi connectivity index (χ0n) is 11.2. The molecule has 1 saturated carbocycles. The van der Waals surface area contributed by atoms with Crippen molar-refractivity contribution in [3.63, 3.8) is 0 Å². The summed E-state index contributed by atoms with van der Waals surface area (Å²) in [6.07, 6.45) is 2.58. The zero-order chi connectivity index (χ0) is 14.5. The van der Waals surface area contributed by atoms with Crippen LogP contribution in [0.2, 0.25) is 0 Å². The maximum absolute atomic E-state index is 11.9. The minimum Gasteiger partial charge on any atom is -0.341 e. The van der Waals surface area contributed by atoms with E-state index in [1.54, 1.807) is 4.90 Å². The Kier molecular flexibility index (Phi) is 3.24. The number of hydrogen-bond acceptors (Lipinski definition) is 4. The third-order valence-electron chi connectivity index (χ3n) is 4.35. The highest BCUT2D eigenvalue weighted by Gasteiger charge is 2.42. The molecule has 2 amide bonds. The Bertz CT molecular complexity index is 543. The topological polar surface area (TPSA) is 101 Å². The molecule has 2 atom stereocenters. The lowest BCUT2D eigenvalue weighted by Crippen LogP contribution is -2.35. The molecule has 0 spiro atoms. The monoisotopic (exact) mass is 301 g/mol. The lowest BCUT2D eigenvalue weighted by atomic mass is 10.1. The van der Waals surface area contributed by atoms with E-state index in [-0.39, 0.29) is 30.7 Å². The van der Waals surface area contributed by atoms with Crippen LogP contribution in [0, 0.1) is 5.92 Å². The Balaban J connectivity index is 1.59. The van der Waals surface area contributed by atoms with Crippen molar-refractivity contribution in [3.05, 3.63) is 0 Å². The molecule has 112 valence electrons. The van der Waals surface area contributed by atoms with E-state index in [9.17, 15) is 18.0 Å². The van der Waals surface area contributed by atoms with Gasteiger partial charge >= 0.3 is 0 Å².